The summed E-state index contributed by atoms with van der Waals surface area (Å²) in [5, 5.41) is 4.39. The van der Waals surface area contributed by atoms with Crippen molar-refractivity contribution in [3.63, 3.8) is 0 Å². The van der Waals surface area contributed by atoms with Crippen molar-refractivity contribution in [2.45, 2.75) is 44.9 Å². The predicted molar refractivity (Wildman–Crippen MR) is 177 cm³/mol. The maximum Gasteiger partial charge on any atom is 0.584 e. The molecule has 6 aromatic carbocycles. The fourth-order valence-corrected chi connectivity index (χ4v) is 9.40. The Hall–Kier alpha value is -4.37. The quantitative estimate of drug-likeness (QED) is 0.203. The molecule has 1 spiro atoms. The van der Waals surface area contributed by atoms with Crippen LogP contribution in [0.15, 0.2) is 97.1 Å². The summed E-state index contributed by atoms with van der Waals surface area (Å²) in [6.07, 6.45) is 3.60. The second kappa shape index (κ2) is 9.08. The van der Waals surface area contributed by atoms with E-state index in [-0.39, 0.29) is 5.41 Å². The van der Waals surface area contributed by atoms with Crippen LogP contribution in [0.2, 0.25) is 0 Å². The van der Waals surface area contributed by atoms with Crippen molar-refractivity contribution < 1.29 is 18.5 Å². The minimum Gasteiger partial charge on any atom is -0.394 e. The van der Waals surface area contributed by atoms with Gasteiger partial charge in [-0.15, -0.1) is 0 Å². The summed E-state index contributed by atoms with van der Waals surface area (Å²) in [4.78, 5) is 11.6. The first-order valence-electron chi connectivity index (χ1n) is 15.4. The molecule has 1 aliphatic heterocycles. The molecule has 0 saturated heterocycles. The minimum absolute atomic E-state index is 0.369. The van der Waals surface area contributed by atoms with Crippen molar-refractivity contribution in [3.8, 4) is 33.8 Å². The average molecular weight is 595 g/mol. The monoisotopic (exact) mass is 594 g/mol. The summed E-state index contributed by atoms with van der Waals surface area (Å²) in [5.74, 6) is 0.994. The minimum atomic E-state index is -4.61. The highest BCUT2D eigenvalue weighted by Crippen LogP contribution is 2.66. The van der Waals surface area contributed by atoms with Gasteiger partial charge in [0.05, 0.1) is 0 Å². The Bertz CT molecular complexity index is 2100. The third-order valence-electron chi connectivity index (χ3n) is 10.4. The molecule has 44 heavy (non-hydrogen) atoms. The SMILES string of the molecule is Cc1cc(-c2cccc3ccccc23)c2c3c1CCC31CCc3c(C)cc(-c4cccc5ccccc45)c(c31)OP(=O)(O)O2. The Labute approximate surface area is 256 Å². The molecule has 0 atom stereocenters. The number of phosphoric ester groups is 1. The predicted octanol–water partition coefficient (Wildman–Crippen LogP) is 9.99. The molecule has 0 saturated carbocycles. The number of rotatable bonds is 2. The molecule has 0 aromatic heterocycles. The van der Waals surface area contributed by atoms with Gasteiger partial charge in [-0.2, -0.15) is 0 Å². The van der Waals surface area contributed by atoms with Crippen molar-refractivity contribution in [1.82, 2.24) is 0 Å². The zero-order valence-electron chi connectivity index (χ0n) is 24.7. The van der Waals surface area contributed by atoms with E-state index in [0.29, 0.717) is 11.5 Å². The van der Waals surface area contributed by atoms with Gasteiger partial charge < -0.3 is 9.05 Å². The molecule has 5 heteroatoms. The van der Waals surface area contributed by atoms with E-state index in [1.54, 1.807) is 0 Å². The van der Waals surface area contributed by atoms with Gasteiger partial charge in [-0.05, 0) is 107 Å². The van der Waals surface area contributed by atoms with Crippen molar-refractivity contribution in [2.24, 2.45) is 0 Å². The smallest absolute Gasteiger partial charge is 0.394 e. The van der Waals surface area contributed by atoms with E-state index in [9.17, 15) is 9.46 Å². The first kappa shape index (κ1) is 26.1. The van der Waals surface area contributed by atoms with Crippen molar-refractivity contribution >= 4 is 29.4 Å². The van der Waals surface area contributed by atoms with E-state index in [0.717, 1.165) is 80.6 Å². The van der Waals surface area contributed by atoms with Gasteiger partial charge in [0, 0.05) is 27.7 Å². The molecule has 9 rings (SSSR count). The lowest BCUT2D eigenvalue weighted by atomic mass is 9.73. The first-order chi connectivity index (χ1) is 21.3. The normalized spacial score (nSPS) is 17.0. The lowest BCUT2D eigenvalue weighted by molar-refractivity contribution is 0.281. The molecule has 6 aromatic rings. The van der Waals surface area contributed by atoms with Gasteiger partial charge in [-0.3, -0.25) is 4.89 Å². The van der Waals surface area contributed by atoms with E-state index in [4.69, 9.17) is 9.05 Å². The molecule has 0 amide bonds. The topological polar surface area (TPSA) is 55.8 Å². The first-order valence-corrected chi connectivity index (χ1v) is 16.9. The molecule has 4 nitrogen and oxygen atoms in total. The fourth-order valence-electron chi connectivity index (χ4n) is 8.52. The van der Waals surface area contributed by atoms with Crippen LogP contribution in [0.25, 0.3) is 43.8 Å². The molecule has 0 radical (unpaired) electrons. The Morgan fingerprint density at radius 2 is 1.05 bits per heavy atom. The highest BCUT2D eigenvalue weighted by atomic mass is 31.2. The van der Waals surface area contributed by atoms with Crippen LogP contribution in [0.3, 0.4) is 0 Å². The van der Waals surface area contributed by atoms with Crippen LogP contribution in [-0.2, 0) is 22.8 Å². The van der Waals surface area contributed by atoms with E-state index in [1.807, 2.05) is 36.4 Å². The van der Waals surface area contributed by atoms with Crippen LogP contribution < -0.4 is 9.05 Å². The molecule has 3 aliphatic rings. The Morgan fingerprint density at radius 3 is 1.52 bits per heavy atom. The lowest BCUT2D eigenvalue weighted by Crippen LogP contribution is -2.25. The summed E-state index contributed by atoms with van der Waals surface area (Å²) in [6.45, 7) is 4.34. The third-order valence-corrected chi connectivity index (χ3v) is 11.2. The van der Waals surface area contributed by atoms with Gasteiger partial charge in [-0.1, -0.05) is 84.9 Å². The van der Waals surface area contributed by atoms with Gasteiger partial charge in [0.15, 0.2) is 0 Å². The van der Waals surface area contributed by atoms with Crippen LogP contribution in [0.1, 0.15) is 46.2 Å². The van der Waals surface area contributed by atoms with Gasteiger partial charge in [0.25, 0.3) is 0 Å². The molecule has 0 fully saturated rings. The lowest BCUT2D eigenvalue weighted by Gasteiger charge is -2.35. The largest absolute Gasteiger partial charge is 0.584 e. The van der Waals surface area contributed by atoms with Gasteiger partial charge >= 0.3 is 7.82 Å². The van der Waals surface area contributed by atoms with Crippen LogP contribution >= 0.6 is 7.82 Å². The van der Waals surface area contributed by atoms with Crippen LogP contribution in [0.4, 0.5) is 0 Å². The molecule has 1 heterocycles. The van der Waals surface area contributed by atoms with E-state index in [2.05, 4.69) is 74.5 Å². The van der Waals surface area contributed by atoms with Gasteiger partial charge in [-0.25, -0.2) is 4.57 Å². The second-order valence-electron chi connectivity index (χ2n) is 12.6. The highest BCUT2D eigenvalue weighted by Gasteiger charge is 2.53. The molecule has 2 aliphatic carbocycles. The van der Waals surface area contributed by atoms with E-state index >= 15 is 0 Å². The Kier molecular flexibility index (Phi) is 5.38. The zero-order valence-corrected chi connectivity index (χ0v) is 25.6. The van der Waals surface area contributed by atoms with Crippen LogP contribution in [0, 0.1) is 13.8 Å². The molecular weight excluding hydrogens is 563 g/mol. The maximum atomic E-state index is 14.2. The molecule has 0 bridgehead atoms. The van der Waals surface area contributed by atoms with Crippen molar-refractivity contribution in [3.05, 3.63) is 130 Å². The van der Waals surface area contributed by atoms with Crippen LogP contribution in [-0.4, -0.2) is 4.89 Å². The summed E-state index contributed by atoms with van der Waals surface area (Å²) < 4.78 is 26.8. The Morgan fingerprint density at radius 1 is 0.614 bits per heavy atom. The van der Waals surface area contributed by atoms with Crippen LogP contribution in [0.5, 0.6) is 11.5 Å². The molecule has 216 valence electrons. The maximum absolute atomic E-state index is 14.2. The third kappa shape index (κ3) is 3.53. The van der Waals surface area contributed by atoms with Gasteiger partial charge in [0.1, 0.15) is 11.5 Å². The standard InChI is InChI=1S/C39H31O4P/c1-23-21-33(31-15-7-11-25-9-3-5-13-29(25)31)37-35-27(23)17-19-39(35)20-18-28-24(2)22-34(38(36(28)39)43-44(40,41)42-37)32-16-8-12-26-10-4-6-14-30(26)32/h3-16,21-22H,17-20H2,1-2H3,(H,40,41). The number of aryl methyl sites for hydroxylation is 2. The number of hydrogen-bond donors (Lipinski definition) is 1. The highest BCUT2D eigenvalue weighted by molar-refractivity contribution is 7.48. The summed E-state index contributed by atoms with van der Waals surface area (Å²) in [6, 6.07) is 33.3. The molecule has 0 unspecified atom stereocenters. The average Bonchev–Trinajstić information content (AvgIpc) is 3.61. The summed E-state index contributed by atoms with van der Waals surface area (Å²) in [5.41, 5.74) is 10.3. The zero-order chi connectivity index (χ0) is 29.8. The summed E-state index contributed by atoms with van der Waals surface area (Å²) >= 11 is 0. The number of fused-ring (bicyclic) bond motifs is 2. The van der Waals surface area contributed by atoms with Crippen molar-refractivity contribution in [2.75, 3.05) is 0 Å². The second-order valence-corrected chi connectivity index (χ2v) is 13.9. The fraction of sp³-hybridized carbons (Fsp3) is 0.179. The van der Waals surface area contributed by atoms with E-state index in [1.165, 1.54) is 22.3 Å². The molecule has 1 N–H and O–H groups in total. The summed E-state index contributed by atoms with van der Waals surface area (Å²) in [7, 11) is -4.61. The van der Waals surface area contributed by atoms with E-state index < -0.39 is 7.82 Å². The molecular formula is C39H31O4P. The number of phosphoric acid groups is 1. The van der Waals surface area contributed by atoms with Crippen molar-refractivity contribution in [1.29, 1.82) is 0 Å². The Balaban J connectivity index is 1.39. The van der Waals surface area contributed by atoms with Gasteiger partial charge in [0.2, 0.25) is 0 Å². The number of hydrogen-bond acceptors (Lipinski definition) is 3. The number of benzene rings is 6.